The van der Waals surface area contributed by atoms with Gasteiger partial charge >= 0.3 is 5.97 Å². The molecule has 0 fully saturated rings. The molecule has 0 aliphatic heterocycles. The van der Waals surface area contributed by atoms with Crippen LogP contribution < -0.4 is 0 Å². The molecule has 88 valence electrons. The normalized spacial score (nSPS) is 10.6. The van der Waals surface area contributed by atoms with E-state index >= 15 is 0 Å². The molecule has 0 radical (unpaired) electrons. The van der Waals surface area contributed by atoms with Crippen LogP contribution in [0.25, 0.3) is 10.9 Å². The van der Waals surface area contributed by atoms with Gasteiger partial charge < -0.3 is 10.1 Å². The van der Waals surface area contributed by atoms with Gasteiger partial charge in [0.1, 0.15) is 0 Å². The zero-order valence-corrected chi connectivity index (χ0v) is 9.49. The summed E-state index contributed by atoms with van der Waals surface area (Å²) in [6, 6.07) is 7.54. The van der Waals surface area contributed by atoms with Crippen molar-refractivity contribution in [2.24, 2.45) is 0 Å². The summed E-state index contributed by atoms with van der Waals surface area (Å²) in [5, 5.41) is 9.65. The van der Waals surface area contributed by atoms with Crippen molar-refractivity contribution in [3.8, 4) is 0 Å². The number of nitrogens with one attached hydrogen (secondary N) is 1. The molecule has 0 saturated heterocycles. The topological polar surface area (TPSA) is 70.2 Å². The maximum absolute atomic E-state index is 11.5. The number of carboxylic acid groups (broad SMARTS) is 1. The van der Waals surface area contributed by atoms with Crippen molar-refractivity contribution in [2.45, 2.75) is 19.8 Å². The van der Waals surface area contributed by atoms with Crippen molar-refractivity contribution < 1.29 is 14.7 Å². The molecule has 0 aliphatic carbocycles. The number of rotatable bonds is 4. The predicted octanol–water partition coefficient (Wildman–Crippen LogP) is 2.39. The lowest BCUT2D eigenvalue weighted by molar-refractivity contribution is -0.136. The zero-order valence-electron chi connectivity index (χ0n) is 9.49. The molecule has 1 aromatic heterocycles. The van der Waals surface area contributed by atoms with Gasteiger partial charge in [-0.2, -0.15) is 0 Å². The third kappa shape index (κ3) is 2.20. The number of fused-ring (bicyclic) bond motifs is 1. The quantitative estimate of drug-likeness (QED) is 0.794. The summed E-state index contributed by atoms with van der Waals surface area (Å²) in [5.74, 6) is -0.925. The number of aliphatic carboxylic acids is 1. The lowest BCUT2D eigenvalue weighted by atomic mass is 10.0. The molecular weight excluding hydrogens is 218 g/mol. The van der Waals surface area contributed by atoms with Crippen LogP contribution in [0.4, 0.5) is 0 Å². The molecule has 0 bridgehead atoms. The van der Waals surface area contributed by atoms with Gasteiger partial charge in [-0.05, 0) is 18.1 Å². The zero-order chi connectivity index (χ0) is 12.4. The van der Waals surface area contributed by atoms with Crippen LogP contribution in [-0.4, -0.2) is 21.8 Å². The third-order valence-corrected chi connectivity index (χ3v) is 2.75. The van der Waals surface area contributed by atoms with E-state index in [9.17, 15) is 9.59 Å². The standard InChI is InChI=1S/C13H13NO3/c1-8(15)13-10(6-7-12(16)17)9-4-2-3-5-11(9)14-13/h2-5,14H,6-7H2,1H3,(H,16,17). The molecule has 1 heterocycles. The van der Waals surface area contributed by atoms with Gasteiger partial charge in [-0.25, -0.2) is 0 Å². The maximum Gasteiger partial charge on any atom is 0.303 e. The van der Waals surface area contributed by atoms with Gasteiger partial charge in [0.2, 0.25) is 0 Å². The highest BCUT2D eigenvalue weighted by Crippen LogP contribution is 2.24. The fourth-order valence-corrected chi connectivity index (χ4v) is 1.99. The Hall–Kier alpha value is -2.10. The van der Waals surface area contributed by atoms with Crippen molar-refractivity contribution in [3.63, 3.8) is 0 Å². The van der Waals surface area contributed by atoms with Gasteiger partial charge in [-0.1, -0.05) is 18.2 Å². The average molecular weight is 231 g/mol. The first-order valence-electron chi connectivity index (χ1n) is 5.42. The molecule has 0 spiro atoms. The number of aromatic amines is 1. The van der Waals surface area contributed by atoms with Gasteiger partial charge in [0.15, 0.2) is 5.78 Å². The van der Waals surface area contributed by atoms with E-state index < -0.39 is 5.97 Å². The fraction of sp³-hybridized carbons (Fsp3) is 0.231. The van der Waals surface area contributed by atoms with Crippen LogP contribution in [0.2, 0.25) is 0 Å². The fourth-order valence-electron chi connectivity index (χ4n) is 1.99. The molecule has 0 unspecified atom stereocenters. The summed E-state index contributed by atoms with van der Waals surface area (Å²) >= 11 is 0. The number of Topliss-reactive ketones (excluding diaryl/α,β-unsaturated/α-hetero) is 1. The number of carboxylic acids is 1. The van der Waals surface area contributed by atoms with Crippen LogP contribution >= 0.6 is 0 Å². The molecule has 1 aromatic carbocycles. The Labute approximate surface area is 98.3 Å². The number of hydrogen-bond donors (Lipinski definition) is 2. The Bertz CT molecular complexity index is 583. The molecule has 0 saturated carbocycles. The maximum atomic E-state index is 11.5. The van der Waals surface area contributed by atoms with E-state index in [1.807, 2.05) is 24.3 Å². The Kier molecular flexibility index (Phi) is 2.95. The molecule has 2 rings (SSSR count). The number of benzene rings is 1. The molecule has 0 amide bonds. The molecule has 2 N–H and O–H groups in total. The lowest BCUT2D eigenvalue weighted by Gasteiger charge is -1.99. The molecule has 17 heavy (non-hydrogen) atoms. The minimum Gasteiger partial charge on any atom is -0.481 e. The highest BCUT2D eigenvalue weighted by atomic mass is 16.4. The summed E-state index contributed by atoms with van der Waals surface area (Å²) in [6.07, 6.45) is 0.399. The van der Waals surface area contributed by atoms with Gasteiger partial charge in [0.25, 0.3) is 0 Å². The second-order valence-corrected chi connectivity index (χ2v) is 3.97. The van der Waals surface area contributed by atoms with E-state index in [4.69, 9.17) is 5.11 Å². The van der Waals surface area contributed by atoms with Crippen LogP contribution in [0.3, 0.4) is 0 Å². The van der Waals surface area contributed by atoms with Crippen molar-refractivity contribution in [3.05, 3.63) is 35.5 Å². The van der Waals surface area contributed by atoms with Gasteiger partial charge in [0.05, 0.1) is 5.69 Å². The smallest absolute Gasteiger partial charge is 0.303 e. The first-order chi connectivity index (χ1) is 8.09. The molecule has 0 atom stereocenters. The van der Waals surface area contributed by atoms with Crippen LogP contribution in [0.1, 0.15) is 29.4 Å². The van der Waals surface area contributed by atoms with E-state index in [0.29, 0.717) is 12.1 Å². The van der Waals surface area contributed by atoms with Crippen LogP contribution in [0, 0.1) is 0 Å². The van der Waals surface area contributed by atoms with Crippen molar-refractivity contribution in [1.29, 1.82) is 0 Å². The number of carbonyl (C=O) groups is 2. The molecule has 4 heteroatoms. The van der Waals surface area contributed by atoms with Crippen molar-refractivity contribution >= 4 is 22.7 Å². The van der Waals surface area contributed by atoms with Crippen LogP contribution in [0.15, 0.2) is 24.3 Å². The number of H-pyrrole nitrogens is 1. The number of hydrogen-bond acceptors (Lipinski definition) is 2. The predicted molar refractivity (Wildman–Crippen MR) is 64.3 cm³/mol. The van der Waals surface area contributed by atoms with Crippen LogP contribution in [-0.2, 0) is 11.2 Å². The summed E-state index contributed by atoms with van der Waals surface area (Å²) in [5.41, 5.74) is 2.20. The number of ketones is 1. The number of carbonyl (C=O) groups excluding carboxylic acids is 1. The van der Waals surface area contributed by atoms with E-state index in [1.165, 1.54) is 6.92 Å². The number of aryl methyl sites for hydroxylation is 1. The average Bonchev–Trinajstić information content (AvgIpc) is 2.65. The second kappa shape index (κ2) is 4.41. The van der Waals surface area contributed by atoms with E-state index in [0.717, 1.165) is 16.5 Å². The van der Waals surface area contributed by atoms with Crippen molar-refractivity contribution in [2.75, 3.05) is 0 Å². The van der Waals surface area contributed by atoms with Gasteiger partial charge in [-0.15, -0.1) is 0 Å². The van der Waals surface area contributed by atoms with Gasteiger partial charge in [-0.3, -0.25) is 9.59 Å². The number of para-hydroxylation sites is 1. The lowest BCUT2D eigenvalue weighted by Crippen LogP contribution is -2.02. The first-order valence-corrected chi connectivity index (χ1v) is 5.42. The van der Waals surface area contributed by atoms with E-state index in [-0.39, 0.29) is 12.2 Å². The Morgan fingerprint density at radius 3 is 2.65 bits per heavy atom. The summed E-state index contributed by atoms with van der Waals surface area (Å²) in [7, 11) is 0. The summed E-state index contributed by atoms with van der Waals surface area (Å²) in [4.78, 5) is 25.2. The highest BCUT2D eigenvalue weighted by Gasteiger charge is 2.15. The van der Waals surface area contributed by atoms with E-state index in [1.54, 1.807) is 0 Å². The minimum absolute atomic E-state index is 0.0299. The Balaban J connectivity index is 2.51. The van der Waals surface area contributed by atoms with E-state index in [2.05, 4.69) is 4.98 Å². The SMILES string of the molecule is CC(=O)c1[nH]c2ccccc2c1CCC(=O)O. The Morgan fingerprint density at radius 2 is 2.00 bits per heavy atom. The molecule has 2 aromatic rings. The number of aromatic nitrogens is 1. The van der Waals surface area contributed by atoms with Crippen LogP contribution in [0.5, 0.6) is 0 Å². The largest absolute Gasteiger partial charge is 0.481 e. The van der Waals surface area contributed by atoms with Crippen molar-refractivity contribution in [1.82, 2.24) is 4.98 Å². The monoisotopic (exact) mass is 231 g/mol. The summed E-state index contributed by atoms with van der Waals surface area (Å²) in [6.45, 7) is 1.48. The second-order valence-electron chi connectivity index (χ2n) is 3.97. The first kappa shape index (κ1) is 11.4. The van der Waals surface area contributed by atoms with Gasteiger partial charge in [0, 0.05) is 24.2 Å². The molecule has 0 aliphatic rings. The molecule has 4 nitrogen and oxygen atoms in total. The Morgan fingerprint density at radius 1 is 1.29 bits per heavy atom. The minimum atomic E-state index is -0.857. The highest BCUT2D eigenvalue weighted by molar-refractivity contribution is 6.01. The summed E-state index contributed by atoms with van der Waals surface area (Å²) < 4.78 is 0. The third-order valence-electron chi connectivity index (χ3n) is 2.75. The molecular formula is C13H13NO3.